The molecule has 4 rings (SSSR count). The number of hydrogen-bond donors (Lipinski definition) is 1. The number of hydrogen-bond acceptors (Lipinski definition) is 3. The molecule has 0 aliphatic carbocycles. The van der Waals surface area contributed by atoms with E-state index in [1.807, 2.05) is 12.1 Å². The smallest absolute Gasteiger partial charge is 0.226 e. The van der Waals surface area contributed by atoms with Gasteiger partial charge in [0.25, 0.3) is 0 Å². The Bertz CT molecular complexity index is 934. The lowest BCUT2D eigenvalue weighted by Gasteiger charge is -2.25. The van der Waals surface area contributed by atoms with Crippen molar-refractivity contribution in [1.82, 2.24) is 14.8 Å². The summed E-state index contributed by atoms with van der Waals surface area (Å²) in [5.74, 6) is 0.309. The van der Waals surface area contributed by atoms with Crippen LogP contribution in [-0.2, 0) is 0 Å². The lowest BCUT2D eigenvalue weighted by Crippen LogP contribution is -2.20. The SMILES string of the molecule is Fc1ccc(C2=C[C@H](c3ccc(Cl)cc3Cl)n3ncnc3N2)cc1. The molecular weight excluding hydrogens is 350 g/mol. The average Bonchev–Trinajstić information content (AvgIpc) is 3.03. The van der Waals surface area contributed by atoms with E-state index in [2.05, 4.69) is 15.4 Å². The minimum absolute atomic E-state index is 0.242. The number of nitrogens with zero attached hydrogens (tertiary/aromatic N) is 3. The van der Waals surface area contributed by atoms with Crippen LogP contribution in [-0.4, -0.2) is 14.8 Å². The summed E-state index contributed by atoms with van der Waals surface area (Å²) in [4.78, 5) is 4.23. The van der Waals surface area contributed by atoms with Crippen LogP contribution >= 0.6 is 23.2 Å². The number of benzene rings is 2. The van der Waals surface area contributed by atoms with Gasteiger partial charge < -0.3 is 5.32 Å². The highest BCUT2D eigenvalue weighted by atomic mass is 35.5. The molecule has 1 N–H and O–H groups in total. The summed E-state index contributed by atoms with van der Waals surface area (Å²) in [6.07, 6.45) is 3.45. The van der Waals surface area contributed by atoms with Gasteiger partial charge in [-0.05, 0) is 53.6 Å². The summed E-state index contributed by atoms with van der Waals surface area (Å²) in [6.45, 7) is 0. The number of allylic oxidation sites excluding steroid dienone is 1. The van der Waals surface area contributed by atoms with Gasteiger partial charge in [0.1, 0.15) is 18.2 Å². The van der Waals surface area contributed by atoms with Crippen molar-refractivity contribution < 1.29 is 4.39 Å². The fraction of sp³-hybridized carbons (Fsp3) is 0.0588. The highest BCUT2D eigenvalue weighted by molar-refractivity contribution is 6.35. The summed E-state index contributed by atoms with van der Waals surface area (Å²) < 4.78 is 14.9. The Balaban J connectivity index is 1.83. The lowest BCUT2D eigenvalue weighted by molar-refractivity contribution is 0.612. The molecule has 7 heteroatoms. The molecule has 3 aromatic rings. The first-order valence-corrected chi connectivity index (χ1v) is 7.96. The minimum atomic E-state index is -0.282. The Kier molecular flexibility index (Phi) is 3.75. The zero-order chi connectivity index (χ0) is 16.7. The van der Waals surface area contributed by atoms with E-state index in [9.17, 15) is 4.39 Å². The standard InChI is InChI=1S/C17H11Cl2FN4/c18-11-3-6-13(14(19)7-11)16-8-15(10-1-4-12(20)5-2-10)23-17-21-9-22-24(16)17/h1-9,16H,(H,21,22,23)/t16-/m1/s1. The van der Waals surface area contributed by atoms with Gasteiger partial charge in [-0.1, -0.05) is 29.3 Å². The molecule has 24 heavy (non-hydrogen) atoms. The van der Waals surface area contributed by atoms with Crippen molar-refractivity contribution in [2.45, 2.75) is 6.04 Å². The molecule has 0 spiro atoms. The third kappa shape index (κ3) is 2.66. The number of nitrogens with one attached hydrogen (secondary N) is 1. The molecule has 0 amide bonds. The molecule has 1 aliphatic heterocycles. The molecule has 2 heterocycles. The minimum Gasteiger partial charge on any atom is -0.324 e. The number of anilines is 1. The highest BCUT2D eigenvalue weighted by Crippen LogP contribution is 2.35. The van der Waals surface area contributed by atoms with Crippen molar-refractivity contribution in [1.29, 1.82) is 0 Å². The van der Waals surface area contributed by atoms with E-state index in [1.54, 1.807) is 28.9 Å². The van der Waals surface area contributed by atoms with Gasteiger partial charge in [-0.2, -0.15) is 10.1 Å². The van der Waals surface area contributed by atoms with Crippen molar-refractivity contribution in [3.8, 4) is 0 Å². The summed E-state index contributed by atoms with van der Waals surface area (Å²) >= 11 is 12.4. The van der Waals surface area contributed by atoms with Gasteiger partial charge in [0.2, 0.25) is 5.95 Å². The van der Waals surface area contributed by atoms with E-state index in [0.29, 0.717) is 16.0 Å². The quantitative estimate of drug-likeness (QED) is 0.714. The summed E-state index contributed by atoms with van der Waals surface area (Å²) in [5.41, 5.74) is 2.51. The molecule has 1 aromatic heterocycles. The van der Waals surface area contributed by atoms with Crippen LogP contribution in [0.5, 0.6) is 0 Å². The van der Waals surface area contributed by atoms with Crippen molar-refractivity contribution in [3.05, 3.63) is 81.9 Å². The predicted molar refractivity (Wildman–Crippen MR) is 92.6 cm³/mol. The van der Waals surface area contributed by atoms with Crippen molar-refractivity contribution in [3.63, 3.8) is 0 Å². The molecule has 0 saturated carbocycles. The van der Waals surface area contributed by atoms with E-state index >= 15 is 0 Å². The first kappa shape index (κ1) is 15.2. The summed E-state index contributed by atoms with van der Waals surface area (Å²) in [7, 11) is 0. The van der Waals surface area contributed by atoms with Crippen LogP contribution in [0.3, 0.4) is 0 Å². The van der Waals surface area contributed by atoms with Crippen LogP contribution < -0.4 is 5.32 Å². The second-order valence-corrected chi connectivity index (χ2v) is 6.19. The van der Waals surface area contributed by atoms with E-state index in [0.717, 1.165) is 16.8 Å². The van der Waals surface area contributed by atoms with E-state index < -0.39 is 0 Å². The predicted octanol–water partition coefficient (Wildman–Crippen LogP) is 4.78. The monoisotopic (exact) mass is 360 g/mol. The zero-order valence-electron chi connectivity index (χ0n) is 12.2. The normalized spacial score (nSPS) is 16.3. The molecule has 120 valence electrons. The third-order valence-electron chi connectivity index (χ3n) is 3.84. The van der Waals surface area contributed by atoms with Gasteiger partial charge in [-0.3, -0.25) is 0 Å². The van der Waals surface area contributed by atoms with Gasteiger partial charge in [0.15, 0.2) is 0 Å². The second-order valence-electron chi connectivity index (χ2n) is 5.35. The lowest BCUT2D eigenvalue weighted by atomic mass is 10.0. The van der Waals surface area contributed by atoms with Crippen LogP contribution in [0.25, 0.3) is 5.70 Å². The van der Waals surface area contributed by atoms with Gasteiger partial charge in [0, 0.05) is 15.7 Å². The third-order valence-corrected chi connectivity index (χ3v) is 4.41. The first-order valence-electron chi connectivity index (χ1n) is 7.21. The van der Waals surface area contributed by atoms with E-state index in [4.69, 9.17) is 23.2 Å². The molecule has 1 aliphatic rings. The summed E-state index contributed by atoms with van der Waals surface area (Å²) in [5, 5.41) is 8.58. The fourth-order valence-electron chi connectivity index (χ4n) is 2.69. The van der Waals surface area contributed by atoms with Gasteiger partial charge in [-0.25, -0.2) is 9.07 Å². The molecule has 0 radical (unpaired) electrons. The molecule has 0 bridgehead atoms. The second kappa shape index (κ2) is 5.92. The van der Waals surface area contributed by atoms with Crippen LogP contribution in [0.15, 0.2) is 54.9 Å². The number of aromatic nitrogens is 3. The Morgan fingerprint density at radius 2 is 1.88 bits per heavy atom. The fourth-order valence-corrected chi connectivity index (χ4v) is 3.21. The Hall–Kier alpha value is -2.37. The molecule has 4 nitrogen and oxygen atoms in total. The maximum atomic E-state index is 13.2. The molecule has 2 aromatic carbocycles. The Labute approximate surface area is 147 Å². The molecule has 0 saturated heterocycles. The van der Waals surface area contributed by atoms with Crippen molar-refractivity contribution >= 4 is 34.8 Å². The van der Waals surface area contributed by atoms with E-state index in [1.165, 1.54) is 18.5 Å². The number of fused-ring (bicyclic) bond motifs is 1. The van der Waals surface area contributed by atoms with Crippen LogP contribution in [0.4, 0.5) is 10.3 Å². The van der Waals surface area contributed by atoms with Gasteiger partial charge in [0.05, 0.1) is 0 Å². The Morgan fingerprint density at radius 3 is 2.62 bits per heavy atom. The average molecular weight is 361 g/mol. The molecule has 0 unspecified atom stereocenters. The van der Waals surface area contributed by atoms with Crippen LogP contribution in [0.2, 0.25) is 10.0 Å². The van der Waals surface area contributed by atoms with Crippen molar-refractivity contribution in [2.75, 3.05) is 5.32 Å². The largest absolute Gasteiger partial charge is 0.324 e. The zero-order valence-corrected chi connectivity index (χ0v) is 13.8. The van der Waals surface area contributed by atoms with Gasteiger partial charge >= 0.3 is 0 Å². The van der Waals surface area contributed by atoms with E-state index in [-0.39, 0.29) is 11.9 Å². The topological polar surface area (TPSA) is 42.7 Å². The molecular formula is C17H11Cl2FN4. The Morgan fingerprint density at radius 1 is 1.08 bits per heavy atom. The van der Waals surface area contributed by atoms with Crippen LogP contribution in [0, 0.1) is 5.82 Å². The summed E-state index contributed by atoms with van der Waals surface area (Å²) in [6, 6.07) is 11.4. The molecule has 1 atom stereocenters. The molecule has 0 fully saturated rings. The maximum Gasteiger partial charge on any atom is 0.226 e. The number of halogens is 3. The number of rotatable bonds is 2. The maximum absolute atomic E-state index is 13.2. The van der Waals surface area contributed by atoms with Crippen molar-refractivity contribution in [2.24, 2.45) is 0 Å². The first-order chi connectivity index (χ1) is 11.6. The highest BCUT2D eigenvalue weighted by Gasteiger charge is 2.25. The van der Waals surface area contributed by atoms with Gasteiger partial charge in [-0.15, -0.1) is 0 Å². The van der Waals surface area contributed by atoms with Crippen LogP contribution in [0.1, 0.15) is 17.2 Å².